The Kier molecular flexibility index (Phi) is 5.02. The van der Waals surface area contributed by atoms with E-state index in [2.05, 4.69) is 0 Å². The maximum atomic E-state index is 12.9. The van der Waals surface area contributed by atoms with Crippen LogP contribution in [-0.4, -0.2) is 25.0 Å². The predicted octanol–water partition coefficient (Wildman–Crippen LogP) is 4.32. The molecular weight excluding hydrogens is 339 g/mol. The van der Waals surface area contributed by atoms with Gasteiger partial charge in [0.15, 0.2) is 12.4 Å². The number of esters is 1. The van der Waals surface area contributed by atoms with Crippen molar-refractivity contribution >= 4 is 22.7 Å². The maximum absolute atomic E-state index is 12.9. The fraction of sp³-hybridized carbons (Fsp3) is 0.200. The van der Waals surface area contributed by atoms with Crippen LogP contribution in [0.4, 0.5) is 4.39 Å². The number of carbonyl (C=O) groups excluding carboxylic acids is 2. The highest BCUT2D eigenvalue weighted by Crippen LogP contribution is 2.29. The van der Waals surface area contributed by atoms with E-state index in [1.165, 1.54) is 24.3 Å². The monoisotopic (exact) mass is 356 g/mol. The van der Waals surface area contributed by atoms with Crippen molar-refractivity contribution in [2.45, 2.75) is 13.8 Å². The number of furan rings is 1. The Balaban J connectivity index is 1.74. The number of hydrogen-bond donors (Lipinski definition) is 0. The van der Waals surface area contributed by atoms with Crippen molar-refractivity contribution in [1.82, 2.24) is 0 Å². The minimum Gasteiger partial charge on any atom is -0.494 e. The first kappa shape index (κ1) is 17.7. The van der Waals surface area contributed by atoms with Crippen LogP contribution in [0.3, 0.4) is 0 Å². The second kappa shape index (κ2) is 7.39. The van der Waals surface area contributed by atoms with Gasteiger partial charge in [0, 0.05) is 16.5 Å². The smallest absolute Gasteiger partial charge is 0.375 e. The highest BCUT2D eigenvalue weighted by molar-refractivity contribution is 6.00. The molecule has 0 spiro atoms. The second-order valence-electron chi connectivity index (χ2n) is 5.65. The van der Waals surface area contributed by atoms with Gasteiger partial charge in [0.1, 0.15) is 17.1 Å². The number of aryl methyl sites for hydroxylation is 1. The summed E-state index contributed by atoms with van der Waals surface area (Å²) < 4.78 is 28.9. The van der Waals surface area contributed by atoms with Crippen molar-refractivity contribution < 1.29 is 27.9 Å². The largest absolute Gasteiger partial charge is 0.494 e. The van der Waals surface area contributed by atoms with Gasteiger partial charge in [0.25, 0.3) is 0 Å². The summed E-state index contributed by atoms with van der Waals surface area (Å²) in [6, 6.07) is 10.3. The summed E-state index contributed by atoms with van der Waals surface area (Å²) in [5.74, 6) is -0.878. The van der Waals surface area contributed by atoms with E-state index in [0.717, 1.165) is 5.39 Å². The summed E-state index contributed by atoms with van der Waals surface area (Å²) in [6.07, 6.45) is 0. The number of hydrogen-bond acceptors (Lipinski definition) is 5. The molecule has 0 fully saturated rings. The summed E-state index contributed by atoms with van der Waals surface area (Å²) >= 11 is 0. The topological polar surface area (TPSA) is 65.7 Å². The lowest BCUT2D eigenvalue weighted by Crippen LogP contribution is -2.14. The Bertz CT molecular complexity index is 956. The number of ether oxygens (including phenoxy) is 2. The standard InChI is InChI=1S/C20H17FO5/c1-3-24-15-8-9-18-16(10-15)12(2)19(26-18)20(23)25-11-17(22)13-4-6-14(21)7-5-13/h4-10H,3,11H2,1-2H3. The molecule has 0 aliphatic rings. The maximum Gasteiger partial charge on any atom is 0.375 e. The van der Waals surface area contributed by atoms with Crippen molar-refractivity contribution in [1.29, 1.82) is 0 Å². The van der Waals surface area contributed by atoms with Gasteiger partial charge in [-0.2, -0.15) is 0 Å². The lowest BCUT2D eigenvalue weighted by atomic mass is 10.1. The van der Waals surface area contributed by atoms with Crippen molar-refractivity contribution in [3.63, 3.8) is 0 Å². The lowest BCUT2D eigenvalue weighted by Gasteiger charge is -2.03. The first-order chi connectivity index (χ1) is 12.5. The van der Waals surface area contributed by atoms with Crippen LogP contribution in [0.2, 0.25) is 0 Å². The minimum atomic E-state index is -0.730. The van der Waals surface area contributed by atoms with E-state index >= 15 is 0 Å². The fourth-order valence-corrected chi connectivity index (χ4v) is 2.57. The molecule has 3 rings (SSSR count). The summed E-state index contributed by atoms with van der Waals surface area (Å²) in [5.41, 5.74) is 1.41. The van der Waals surface area contributed by atoms with E-state index in [-0.39, 0.29) is 11.3 Å². The molecule has 1 heterocycles. The van der Waals surface area contributed by atoms with E-state index in [9.17, 15) is 14.0 Å². The Hall–Kier alpha value is -3.15. The number of rotatable bonds is 6. The van der Waals surface area contributed by atoms with Crippen molar-refractivity contribution in [2.75, 3.05) is 13.2 Å². The molecule has 0 radical (unpaired) electrons. The number of halogens is 1. The highest BCUT2D eigenvalue weighted by atomic mass is 19.1. The Morgan fingerprint density at radius 1 is 1.12 bits per heavy atom. The first-order valence-electron chi connectivity index (χ1n) is 8.11. The Labute approximate surface area is 149 Å². The number of fused-ring (bicyclic) bond motifs is 1. The van der Waals surface area contributed by atoms with Crippen molar-refractivity contribution in [2.24, 2.45) is 0 Å². The van der Waals surface area contributed by atoms with Crippen LogP contribution >= 0.6 is 0 Å². The molecule has 0 atom stereocenters. The molecule has 6 heteroatoms. The Morgan fingerprint density at radius 3 is 2.54 bits per heavy atom. The average molecular weight is 356 g/mol. The van der Waals surface area contributed by atoms with Crippen molar-refractivity contribution in [3.05, 3.63) is 65.2 Å². The fourth-order valence-electron chi connectivity index (χ4n) is 2.57. The molecule has 26 heavy (non-hydrogen) atoms. The molecule has 5 nitrogen and oxygen atoms in total. The van der Waals surface area contributed by atoms with Crippen LogP contribution in [-0.2, 0) is 4.74 Å². The zero-order valence-corrected chi connectivity index (χ0v) is 14.4. The third-order valence-electron chi connectivity index (χ3n) is 3.90. The van der Waals surface area contributed by atoms with Gasteiger partial charge in [-0.25, -0.2) is 9.18 Å². The number of ketones is 1. The molecule has 1 aromatic heterocycles. The van der Waals surface area contributed by atoms with E-state index < -0.39 is 24.2 Å². The molecule has 2 aromatic carbocycles. The van der Waals surface area contributed by atoms with Gasteiger partial charge in [-0.1, -0.05) is 0 Å². The highest BCUT2D eigenvalue weighted by Gasteiger charge is 2.20. The van der Waals surface area contributed by atoms with Gasteiger partial charge in [-0.05, 0) is 56.3 Å². The molecular formula is C20H17FO5. The van der Waals surface area contributed by atoms with Crippen molar-refractivity contribution in [3.8, 4) is 5.75 Å². The number of Topliss-reactive ketones (excluding diaryl/α,β-unsaturated/α-hetero) is 1. The molecule has 0 saturated heterocycles. The van der Waals surface area contributed by atoms with Gasteiger partial charge >= 0.3 is 5.97 Å². The normalized spacial score (nSPS) is 10.7. The third kappa shape index (κ3) is 3.59. The van der Waals surface area contributed by atoms with Crippen LogP contribution < -0.4 is 4.74 Å². The average Bonchev–Trinajstić information content (AvgIpc) is 2.97. The number of carbonyl (C=O) groups is 2. The molecule has 0 saturated carbocycles. The van der Waals surface area contributed by atoms with Crippen LogP contribution in [0.1, 0.15) is 33.4 Å². The van der Waals surface area contributed by atoms with Gasteiger partial charge in [-0.3, -0.25) is 4.79 Å². The zero-order valence-electron chi connectivity index (χ0n) is 14.4. The summed E-state index contributed by atoms with van der Waals surface area (Å²) in [7, 11) is 0. The molecule has 3 aromatic rings. The van der Waals surface area contributed by atoms with E-state index in [1.807, 2.05) is 6.92 Å². The summed E-state index contributed by atoms with van der Waals surface area (Å²) in [6.45, 7) is 3.70. The van der Waals surface area contributed by atoms with Crippen LogP contribution in [0.25, 0.3) is 11.0 Å². The first-order valence-corrected chi connectivity index (χ1v) is 8.11. The molecule has 0 bridgehead atoms. The SMILES string of the molecule is CCOc1ccc2oc(C(=O)OCC(=O)c3ccc(F)cc3)c(C)c2c1. The van der Waals surface area contributed by atoms with Crippen LogP contribution in [0.5, 0.6) is 5.75 Å². The van der Waals surface area contributed by atoms with Crippen LogP contribution in [0.15, 0.2) is 46.9 Å². The van der Waals surface area contributed by atoms with E-state index in [1.54, 1.807) is 25.1 Å². The molecule has 0 aliphatic heterocycles. The van der Waals surface area contributed by atoms with E-state index in [0.29, 0.717) is 23.5 Å². The summed E-state index contributed by atoms with van der Waals surface area (Å²) in [4.78, 5) is 24.3. The van der Waals surface area contributed by atoms with E-state index in [4.69, 9.17) is 13.9 Å². The van der Waals surface area contributed by atoms with Gasteiger partial charge in [0.2, 0.25) is 5.76 Å². The summed E-state index contributed by atoms with van der Waals surface area (Å²) in [5, 5.41) is 0.743. The molecule has 0 amide bonds. The van der Waals surface area contributed by atoms with Crippen LogP contribution in [0, 0.1) is 12.7 Å². The molecule has 0 N–H and O–H groups in total. The predicted molar refractivity (Wildman–Crippen MR) is 93.1 cm³/mol. The molecule has 0 aliphatic carbocycles. The van der Waals surface area contributed by atoms with Gasteiger partial charge < -0.3 is 13.9 Å². The van der Waals surface area contributed by atoms with Gasteiger partial charge in [-0.15, -0.1) is 0 Å². The molecule has 0 unspecified atom stereocenters. The minimum absolute atomic E-state index is 0.0422. The second-order valence-corrected chi connectivity index (χ2v) is 5.65. The van der Waals surface area contributed by atoms with Gasteiger partial charge in [0.05, 0.1) is 6.61 Å². The zero-order chi connectivity index (χ0) is 18.7. The number of benzene rings is 2. The third-order valence-corrected chi connectivity index (χ3v) is 3.90. The lowest BCUT2D eigenvalue weighted by molar-refractivity contribution is 0.0445. The molecule has 134 valence electrons. The Morgan fingerprint density at radius 2 is 1.85 bits per heavy atom. The quantitative estimate of drug-likeness (QED) is 0.486.